The molecule has 160 valence electrons. The Hall–Kier alpha value is -3.25. The van der Waals surface area contributed by atoms with E-state index in [1.807, 2.05) is 49.4 Å². The van der Waals surface area contributed by atoms with Crippen molar-refractivity contribution >= 4 is 33.5 Å². The van der Waals surface area contributed by atoms with E-state index in [1.54, 1.807) is 0 Å². The second kappa shape index (κ2) is 7.78. The van der Waals surface area contributed by atoms with E-state index in [-0.39, 0.29) is 5.91 Å². The number of anilines is 1. The second-order valence-electron chi connectivity index (χ2n) is 8.39. The molecule has 6 nitrogen and oxygen atoms in total. The summed E-state index contributed by atoms with van der Waals surface area (Å²) in [5.74, 6) is 1.70. The van der Waals surface area contributed by atoms with Crippen LogP contribution in [0.25, 0.3) is 21.9 Å². The van der Waals surface area contributed by atoms with Gasteiger partial charge in [0.1, 0.15) is 22.8 Å². The molecular weight excluding hydrogens is 390 g/mol. The Kier molecular flexibility index (Phi) is 4.94. The van der Waals surface area contributed by atoms with Gasteiger partial charge in [0.15, 0.2) is 0 Å². The summed E-state index contributed by atoms with van der Waals surface area (Å²) in [6, 6.07) is 14.0. The molecule has 2 aromatic heterocycles. The smallest absolute Gasteiger partial charge is 0.272 e. The van der Waals surface area contributed by atoms with Crippen molar-refractivity contribution in [2.75, 3.05) is 26.0 Å². The number of aromatic amines is 1. The normalized spacial score (nSPS) is 16.1. The fourth-order valence-electron chi connectivity index (χ4n) is 4.46. The van der Waals surface area contributed by atoms with E-state index in [0.717, 1.165) is 58.3 Å². The predicted octanol–water partition coefficient (Wildman–Crippen LogP) is 4.98. The molecule has 6 heteroatoms. The molecule has 2 heterocycles. The van der Waals surface area contributed by atoms with Crippen LogP contribution < -0.4 is 10.1 Å². The van der Waals surface area contributed by atoms with Crippen LogP contribution in [0, 0.1) is 0 Å². The molecule has 0 saturated heterocycles. The minimum absolute atomic E-state index is 0.169. The van der Waals surface area contributed by atoms with Gasteiger partial charge in [-0.1, -0.05) is 0 Å². The van der Waals surface area contributed by atoms with Gasteiger partial charge in [-0.3, -0.25) is 4.79 Å². The predicted molar refractivity (Wildman–Crippen MR) is 123 cm³/mol. The third kappa shape index (κ3) is 3.68. The van der Waals surface area contributed by atoms with E-state index in [2.05, 4.69) is 29.3 Å². The number of carbonyl (C=O) groups excluding carboxylic acids is 1. The molecule has 4 aromatic rings. The molecule has 5 rings (SSSR count). The number of aryl methyl sites for hydroxylation is 1. The molecule has 2 N–H and O–H groups in total. The Bertz CT molecular complexity index is 1270. The molecule has 0 aliphatic heterocycles. The third-order valence-corrected chi connectivity index (χ3v) is 6.16. The molecule has 1 unspecified atom stereocenters. The van der Waals surface area contributed by atoms with E-state index in [4.69, 9.17) is 9.15 Å². The van der Waals surface area contributed by atoms with E-state index in [9.17, 15) is 4.79 Å². The second-order valence-corrected chi connectivity index (χ2v) is 8.39. The summed E-state index contributed by atoms with van der Waals surface area (Å²) >= 11 is 0. The van der Waals surface area contributed by atoms with Gasteiger partial charge in [-0.05, 0) is 70.3 Å². The number of H-pyrrole nitrogens is 1. The van der Waals surface area contributed by atoms with Crippen molar-refractivity contribution in [3.8, 4) is 5.75 Å². The average Bonchev–Trinajstić information content (AvgIpc) is 3.34. The number of furan rings is 1. The first-order valence-electron chi connectivity index (χ1n) is 10.8. The summed E-state index contributed by atoms with van der Waals surface area (Å²) in [5, 5.41) is 5.10. The van der Waals surface area contributed by atoms with Gasteiger partial charge < -0.3 is 24.4 Å². The lowest BCUT2D eigenvalue weighted by Gasteiger charge is -2.27. The summed E-state index contributed by atoms with van der Waals surface area (Å²) in [4.78, 5) is 18.4. The lowest BCUT2D eigenvalue weighted by Crippen LogP contribution is -2.33. The highest BCUT2D eigenvalue weighted by atomic mass is 16.5. The minimum atomic E-state index is -0.169. The first kappa shape index (κ1) is 19.7. The largest absolute Gasteiger partial charge is 0.494 e. The van der Waals surface area contributed by atoms with Crippen LogP contribution in [-0.2, 0) is 12.8 Å². The van der Waals surface area contributed by atoms with Gasteiger partial charge >= 0.3 is 0 Å². The summed E-state index contributed by atoms with van der Waals surface area (Å²) in [7, 11) is 4.25. The van der Waals surface area contributed by atoms with Crippen LogP contribution in [0.3, 0.4) is 0 Å². The number of nitrogens with one attached hydrogen (secondary N) is 2. The average molecular weight is 418 g/mol. The van der Waals surface area contributed by atoms with Crippen molar-refractivity contribution in [2.24, 2.45) is 0 Å². The van der Waals surface area contributed by atoms with Crippen LogP contribution in [0.5, 0.6) is 5.75 Å². The Morgan fingerprint density at radius 3 is 2.90 bits per heavy atom. The Balaban J connectivity index is 1.40. The van der Waals surface area contributed by atoms with Gasteiger partial charge in [-0.2, -0.15) is 0 Å². The number of nitrogens with zero attached hydrogens (tertiary/aromatic N) is 1. The number of aromatic nitrogens is 1. The zero-order chi connectivity index (χ0) is 21.5. The molecule has 0 radical (unpaired) electrons. The SMILES string of the molecule is CCOc1ccc2cc(C(=O)Nc3ccc4oc5c(c4c3)CC(N(C)C)CC5)[nH]c2c1. The molecule has 1 amide bonds. The van der Waals surface area contributed by atoms with Crippen LogP contribution in [0.2, 0.25) is 0 Å². The fourth-order valence-corrected chi connectivity index (χ4v) is 4.46. The monoisotopic (exact) mass is 417 g/mol. The molecule has 0 spiro atoms. The number of amides is 1. The summed E-state index contributed by atoms with van der Waals surface area (Å²) in [6.07, 6.45) is 3.03. The van der Waals surface area contributed by atoms with Crippen molar-refractivity contribution in [3.05, 3.63) is 59.5 Å². The maximum atomic E-state index is 12.9. The van der Waals surface area contributed by atoms with Gasteiger partial charge in [-0.25, -0.2) is 0 Å². The van der Waals surface area contributed by atoms with Crippen LogP contribution in [0.15, 0.2) is 46.9 Å². The van der Waals surface area contributed by atoms with Gasteiger partial charge in [0.25, 0.3) is 5.91 Å². The summed E-state index contributed by atoms with van der Waals surface area (Å²) in [5.41, 5.74) is 4.32. The zero-order valence-electron chi connectivity index (χ0n) is 18.1. The van der Waals surface area contributed by atoms with Crippen molar-refractivity contribution in [3.63, 3.8) is 0 Å². The fraction of sp³-hybridized carbons (Fsp3) is 0.320. The van der Waals surface area contributed by atoms with Crippen LogP contribution >= 0.6 is 0 Å². The van der Waals surface area contributed by atoms with Crippen LogP contribution in [0.4, 0.5) is 5.69 Å². The zero-order valence-corrected chi connectivity index (χ0v) is 18.1. The highest BCUT2D eigenvalue weighted by Crippen LogP contribution is 2.34. The number of hydrogen-bond donors (Lipinski definition) is 2. The van der Waals surface area contributed by atoms with Crippen LogP contribution in [0.1, 0.15) is 35.2 Å². The quantitative estimate of drug-likeness (QED) is 0.480. The molecule has 0 saturated carbocycles. The number of hydrogen-bond acceptors (Lipinski definition) is 4. The van der Waals surface area contributed by atoms with Crippen LogP contribution in [-0.4, -0.2) is 42.5 Å². The number of carbonyl (C=O) groups is 1. The van der Waals surface area contributed by atoms with Gasteiger partial charge in [0.05, 0.1) is 6.61 Å². The van der Waals surface area contributed by atoms with Gasteiger partial charge in [0, 0.05) is 46.1 Å². The van der Waals surface area contributed by atoms with E-state index >= 15 is 0 Å². The molecule has 1 aliphatic carbocycles. The number of fused-ring (bicyclic) bond motifs is 4. The number of likely N-dealkylation sites (N-methyl/N-ethyl adjacent to an activating group) is 1. The van der Waals surface area contributed by atoms with Crippen molar-refractivity contribution in [1.82, 2.24) is 9.88 Å². The van der Waals surface area contributed by atoms with Crippen molar-refractivity contribution in [2.45, 2.75) is 32.2 Å². The third-order valence-electron chi connectivity index (χ3n) is 6.16. The number of ether oxygens (including phenoxy) is 1. The number of benzene rings is 2. The molecule has 1 atom stereocenters. The standard InChI is InChI=1S/C25H27N3O3/c1-4-30-18-8-5-15-11-22(27-21(15)14-18)25(29)26-16-6-9-23-19(12-16)20-13-17(28(2)3)7-10-24(20)31-23/h5-6,8-9,11-12,14,17,27H,4,7,10,13H2,1-3H3,(H,26,29). The molecule has 2 aromatic carbocycles. The Morgan fingerprint density at radius 1 is 1.23 bits per heavy atom. The van der Waals surface area contributed by atoms with E-state index in [1.165, 1.54) is 5.56 Å². The van der Waals surface area contributed by atoms with E-state index in [0.29, 0.717) is 18.3 Å². The lowest BCUT2D eigenvalue weighted by molar-refractivity contribution is 0.102. The highest BCUT2D eigenvalue weighted by molar-refractivity contribution is 6.06. The first-order valence-corrected chi connectivity index (χ1v) is 10.8. The summed E-state index contributed by atoms with van der Waals surface area (Å²) < 4.78 is 11.6. The molecular formula is C25H27N3O3. The van der Waals surface area contributed by atoms with Gasteiger partial charge in [0.2, 0.25) is 0 Å². The maximum absolute atomic E-state index is 12.9. The van der Waals surface area contributed by atoms with Crippen molar-refractivity contribution in [1.29, 1.82) is 0 Å². The molecule has 1 aliphatic rings. The molecule has 31 heavy (non-hydrogen) atoms. The Labute approximate surface area is 181 Å². The first-order chi connectivity index (χ1) is 15.0. The number of rotatable bonds is 5. The van der Waals surface area contributed by atoms with Crippen molar-refractivity contribution < 1.29 is 13.9 Å². The summed E-state index contributed by atoms with van der Waals surface area (Å²) in [6.45, 7) is 2.56. The molecule has 0 fully saturated rings. The lowest BCUT2D eigenvalue weighted by atomic mass is 9.91. The Morgan fingerprint density at radius 2 is 2.10 bits per heavy atom. The topological polar surface area (TPSA) is 70.5 Å². The van der Waals surface area contributed by atoms with Gasteiger partial charge in [-0.15, -0.1) is 0 Å². The molecule has 0 bridgehead atoms. The van der Waals surface area contributed by atoms with E-state index < -0.39 is 0 Å². The maximum Gasteiger partial charge on any atom is 0.272 e. The highest BCUT2D eigenvalue weighted by Gasteiger charge is 2.25. The minimum Gasteiger partial charge on any atom is -0.494 e.